The smallest absolute Gasteiger partial charge is 0.0377 e. The van der Waals surface area contributed by atoms with Crippen molar-refractivity contribution in [3.8, 4) is 0 Å². The van der Waals surface area contributed by atoms with Crippen LogP contribution < -0.4 is 5.32 Å². The highest BCUT2D eigenvalue weighted by Gasteiger charge is 2.38. The Bertz CT molecular complexity index is 484. The lowest BCUT2D eigenvalue weighted by atomic mass is 9.85. The van der Waals surface area contributed by atoms with E-state index >= 15 is 0 Å². The second-order valence-electron chi connectivity index (χ2n) is 6.76. The normalized spacial score (nSPS) is 24.3. The molecule has 0 aliphatic heterocycles. The molecule has 1 unspecified atom stereocenters. The Morgan fingerprint density at radius 3 is 2.89 bits per heavy atom. The number of allylic oxidation sites excluding steroid dienone is 1. The summed E-state index contributed by atoms with van der Waals surface area (Å²) in [5, 5.41) is 3.81. The molecule has 0 saturated heterocycles. The molecule has 0 amide bonds. The molecule has 0 fully saturated rings. The van der Waals surface area contributed by atoms with E-state index in [0.29, 0.717) is 11.5 Å². The van der Waals surface area contributed by atoms with Crippen LogP contribution in [0.5, 0.6) is 0 Å². The van der Waals surface area contributed by atoms with E-state index in [9.17, 15) is 0 Å². The largest absolute Gasteiger partial charge is 0.309 e. The van der Waals surface area contributed by atoms with Gasteiger partial charge in [-0.25, -0.2) is 0 Å². The first-order valence-electron chi connectivity index (χ1n) is 7.66. The van der Waals surface area contributed by atoms with Crippen molar-refractivity contribution >= 4 is 0 Å². The highest BCUT2D eigenvalue weighted by molar-refractivity contribution is 5.37. The summed E-state index contributed by atoms with van der Waals surface area (Å²) in [6, 6.07) is 9.45. The lowest BCUT2D eigenvalue weighted by molar-refractivity contribution is 0.270. The van der Waals surface area contributed by atoms with Gasteiger partial charge in [-0.15, -0.1) is 0 Å². The Kier molecular flexibility index (Phi) is 3.49. The minimum atomic E-state index is 0.341. The fourth-order valence-corrected chi connectivity index (χ4v) is 3.72. The lowest BCUT2D eigenvalue weighted by Gasteiger charge is -2.29. The monoisotopic (exact) mass is 255 g/mol. The Balaban J connectivity index is 1.65. The van der Waals surface area contributed by atoms with E-state index in [1.165, 1.54) is 43.2 Å². The Morgan fingerprint density at radius 2 is 2.11 bits per heavy atom. The van der Waals surface area contributed by atoms with Gasteiger partial charge in [0.25, 0.3) is 0 Å². The van der Waals surface area contributed by atoms with Gasteiger partial charge in [0, 0.05) is 6.04 Å². The minimum Gasteiger partial charge on any atom is -0.309 e. The first kappa shape index (κ1) is 12.9. The maximum absolute atomic E-state index is 3.81. The third kappa shape index (κ3) is 2.62. The van der Waals surface area contributed by atoms with Gasteiger partial charge in [-0.2, -0.15) is 0 Å². The topological polar surface area (TPSA) is 12.0 Å². The van der Waals surface area contributed by atoms with Gasteiger partial charge >= 0.3 is 0 Å². The van der Waals surface area contributed by atoms with Crippen LogP contribution in [-0.2, 0) is 6.42 Å². The number of nitrogens with one attached hydrogen (secondary N) is 1. The summed E-state index contributed by atoms with van der Waals surface area (Å²) in [5.41, 5.74) is 5.06. The highest BCUT2D eigenvalue weighted by atomic mass is 14.9. The molecule has 1 nitrogen and oxygen atoms in total. The standard InChI is InChI=1S/C18H25N/c1-18(2)13-15-9-5-6-10-16(15)17(18)19-12-11-14-7-3-4-8-14/h5-7,9-10,17,19H,3-4,8,11-13H2,1-2H3. The van der Waals surface area contributed by atoms with Crippen LogP contribution in [0, 0.1) is 5.41 Å². The van der Waals surface area contributed by atoms with Crippen LogP contribution >= 0.6 is 0 Å². The number of rotatable bonds is 4. The average Bonchev–Trinajstić information content (AvgIpc) is 2.96. The van der Waals surface area contributed by atoms with Gasteiger partial charge in [0.05, 0.1) is 0 Å². The molecule has 1 atom stereocenters. The van der Waals surface area contributed by atoms with Crippen molar-refractivity contribution in [3.63, 3.8) is 0 Å². The minimum absolute atomic E-state index is 0.341. The van der Waals surface area contributed by atoms with Gasteiger partial charge in [0.1, 0.15) is 0 Å². The molecule has 3 rings (SSSR count). The summed E-state index contributed by atoms with van der Waals surface area (Å²) >= 11 is 0. The molecule has 1 heteroatoms. The first-order valence-corrected chi connectivity index (χ1v) is 7.66. The van der Waals surface area contributed by atoms with Gasteiger partial charge in [-0.3, -0.25) is 0 Å². The molecule has 0 saturated carbocycles. The predicted octanol–water partition coefficient (Wildman–Crippen LogP) is 4.40. The third-order valence-electron chi connectivity index (χ3n) is 4.72. The second-order valence-corrected chi connectivity index (χ2v) is 6.76. The summed E-state index contributed by atoms with van der Waals surface area (Å²) in [5.74, 6) is 0. The quantitative estimate of drug-likeness (QED) is 0.786. The molecule has 0 aromatic heterocycles. The van der Waals surface area contributed by atoms with Crippen LogP contribution in [0.1, 0.15) is 56.7 Å². The van der Waals surface area contributed by atoms with Crippen molar-refractivity contribution in [3.05, 3.63) is 47.0 Å². The van der Waals surface area contributed by atoms with E-state index in [1.54, 1.807) is 5.57 Å². The Morgan fingerprint density at radius 1 is 1.26 bits per heavy atom. The number of benzene rings is 1. The fraction of sp³-hybridized carbons (Fsp3) is 0.556. The average molecular weight is 255 g/mol. The van der Waals surface area contributed by atoms with E-state index in [2.05, 4.69) is 49.5 Å². The van der Waals surface area contributed by atoms with Crippen LogP contribution in [0.4, 0.5) is 0 Å². The lowest BCUT2D eigenvalue weighted by Crippen LogP contribution is -2.31. The summed E-state index contributed by atoms with van der Waals surface area (Å²) in [6.45, 7) is 5.90. The number of hydrogen-bond acceptors (Lipinski definition) is 1. The van der Waals surface area contributed by atoms with E-state index in [1.807, 2.05) is 0 Å². The molecular weight excluding hydrogens is 230 g/mol. The van der Waals surface area contributed by atoms with Gasteiger partial charge in [-0.05, 0) is 55.2 Å². The van der Waals surface area contributed by atoms with E-state index in [0.717, 1.165) is 6.54 Å². The molecule has 0 spiro atoms. The van der Waals surface area contributed by atoms with Crippen molar-refractivity contribution < 1.29 is 0 Å². The molecule has 19 heavy (non-hydrogen) atoms. The zero-order valence-electron chi connectivity index (χ0n) is 12.2. The van der Waals surface area contributed by atoms with E-state index in [-0.39, 0.29) is 0 Å². The number of hydrogen-bond donors (Lipinski definition) is 1. The summed E-state index contributed by atoms with van der Waals surface area (Å²) in [7, 11) is 0. The molecule has 0 heterocycles. The molecule has 1 aromatic carbocycles. The van der Waals surface area contributed by atoms with Gasteiger partial charge < -0.3 is 5.32 Å². The Hall–Kier alpha value is -1.08. The van der Waals surface area contributed by atoms with Gasteiger partial charge in [0.15, 0.2) is 0 Å². The zero-order valence-corrected chi connectivity index (χ0v) is 12.2. The fourth-order valence-electron chi connectivity index (χ4n) is 3.72. The summed E-state index contributed by atoms with van der Waals surface area (Å²) in [4.78, 5) is 0. The zero-order chi connectivity index (χ0) is 13.3. The maximum atomic E-state index is 3.81. The summed E-state index contributed by atoms with van der Waals surface area (Å²) in [6.07, 6.45) is 8.86. The predicted molar refractivity (Wildman–Crippen MR) is 81.2 cm³/mol. The molecule has 2 aliphatic carbocycles. The summed E-state index contributed by atoms with van der Waals surface area (Å²) < 4.78 is 0. The first-order chi connectivity index (χ1) is 9.17. The third-order valence-corrected chi connectivity index (χ3v) is 4.72. The molecule has 102 valence electrons. The van der Waals surface area contributed by atoms with E-state index in [4.69, 9.17) is 0 Å². The van der Waals surface area contributed by atoms with Crippen LogP contribution in [0.25, 0.3) is 0 Å². The van der Waals surface area contributed by atoms with Crippen LogP contribution in [0.2, 0.25) is 0 Å². The van der Waals surface area contributed by atoms with Crippen molar-refractivity contribution in [1.82, 2.24) is 5.32 Å². The van der Waals surface area contributed by atoms with E-state index < -0.39 is 0 Å². The molecule has 2 aliphatic rings. The van der Waals surface area contributed by atoms with Gasteiger partial charge in [0.2, 0.25) is 0 Å². The van der Waals surface area contributed by atoms with Crippen LogP contribution in [0.15, 0.2) is 35.9 Å². The van der Waals surface area contributed by atoms with Crippen LogP contribution in [-0.4, -0.2) is 6.54 Å². The van der Waals surface area contributed by atoms with Crippen molar-refractivity contribution in [2.24, 2.45) is 5.41 Å². The van der Waals surface area contributed by atoms with Crippen LogP contribution in [0.3, 0.4) is 0 Å². The Labute approximate surface area is 117 Å². The molecule has 1 aromatic rings. The molecular formula is C18H25N. The van der Waals surface area contributed by atoms with Crippen molar-refractivity contribution in [2.45, 2.75) is 52.0 Å². The number of fused-ring (bicyclic) bond motifs is 1. The van der Waals surface area contributed by atoms with Gasteiger partial charge in [-0.1, -0.05) is 49.8 Å². The second kappa shape index (κ2) is 5.13. The molecule has 0 bridgehead atoms. The molecule has 1 N–H and O–H groups in total. The maximum Gasteiger partial charge on any atom is 0.0377 e. The van der Waals surface area contributed by atoms with Crippen molar-refractivity contribution in [2.75, 3.05) is 6.54 Å². The highest BCUT2D eigenvalue weighted by Crippen LogP contribution is 2.44. The van der Waals surface area contributed by atoms with Crippen molar-refractivity contribution in [1.29, 1.82) is 0 Å². The SMILES string of the molecule is CC1(C)Cc2ccccc2C1NCCC1=CCCC1. The molecule has 0 radical (unpaired) electrons.